The second-order valence-electron chi connectivity index (χ2n) is 9.49. The molecule has 0 fully saturated rings. The van der Waals surface area contributed by atoms with Crippen LogP contribution in [0.25, 0.3) is 0 Å². The van der Waals surface area contributed by atoms with Crippen LogP contribution in [0.3, 0.4) is 0 Å². The zero-order chi connectivity index (χ0) is 28.7. The Morgan fingerprint density at radius 1 is 0.897 bits per heavy atom. The quantitative estimate of drug-likeness (QED) is 0.335. The van der Waals surface area contributed by atoms with Gasteiger partial charge in [0.05, 0.1) is 22.0 Å². The van der Waals surface area contributed by atoms with Gasteiger partial charge in [0.25, 0.3) is 0 Å². The molecule has 0 saturated heterocycles. The van der Waals surface area contributed by atoms with E-state index in [1.807, 2.05) is 50.2 Å². The molecule has 1 atom stereocenters. The number of nitrogens with one attached hydrogen (secondary N) is 1. The number of nitrogens with zero attached hydrogens (tertiary/aromatic N) is 2. The van der Waals surface area contributed by atoms with E-state index < -0.39 is 28.5 Å². The Hall–Kier alpha value is -3.07. The summed E-state index contributed by atoms with van der Waals surface area (Å²) in [5.41, 5.74) is 3.62. The molecule has 0 aliphatic heterocycles. The fraction of sp³-hybridized carbons (Fsp3) is 0.310. The van der Waals surface area contributed by atoms with Gasteiger partial charge in [-0.1, -0.05) is 65.7 Å². The van der Waals surface area contributed by atoms with Crippen molar-refractivity contribution in [2.45, 2.75) is 39.8 Å². The monoisotopic (exact) mass is 589 g/mol. The molecular formula is C29H33Cl2N3O4S. The minimum Gasteiger partial charge on any atom is -0.355 e. The molecule has 2 amide bonds. The summed E-state index contributed by atoms with van der Waals surface area (Å²) in [6.45, 7) is 5.44. The Morgan fingerprint density at radius 2 is 1.54 bits per heavy atom. The molecule has 7 nitrogen and oxygen atoms in total. The molecule has 0 radical (unpaired) electrons. The molecular weight excluding hydrogens is 557 g/mol. The first-order chi connectivity index (χ1) is 18.4. The van der Waals surface area contributed by atoms with Crippen molar-refractivity contribution in [1.82, 2.24) is 10.2 Å². The van der Waals surface area contributed by atoms with Crippen molar-refractivity contribution in [1.29, 1.82) is 0 Å². The van der Waals surface area contributed by atoms with Crippen molar-refractivity contribution in [2.75, 3.05) is 23.7 Å². The number of rotatable bonds is 11. The highest BCUT2D eigenvalue weighted by molar-refractivity contribution is 7.92. The standard InChI is InChI=1S/C29H33Cl2N3O4S/c1-5-32-29(36)27(17-22-9-7-6-8-10-22)33(18-23-11-12-25(30)26(31)16-23)28(35)19-34(39(4,37)38)24-14-20(2)13-21(3)15-24/h6-16,27H,5,17-19H2,1-4H3,(H,32,36)/t27-/m0/s1. The number of amides is 2. The first-order valence-electron chi connectivity index (χ1n) is 12.5. The molecule has 0 aliphatic rings. The van der Waals surface area contributed by atoms with Crippen molar-refractivity contribution in [2.24, 2.45) is 0 Å². The Balaban J connectivity index is 2.07. The number of benzene rings is 3. The van der Waals surface area contributed by atoms with Crippen molar-refractivity contribution in [3.05, 3.63) is 99.0 Å². The molecule has 10 heteroatoms. The molecule has 0 unspecified atom stereocenters. The van der Waals surface area contributed by atoms with Gasteiger partial charge >= 0.3 is 0 Å². The van der Waals surface area contributed by atoms with E-state index in [4.69, 9.17) is 23.2 Å². The van der Waals surface area contributed by atoms with Crippen molar-refractivity contribution >= 4 is 50.7 Å². The summed E-state index contributed by atoms with van der Waals surface area (Å²) in [5.74, 6) is -0.870. The molecule has 0 spiro atoms. The van der Waals surface area contributed by atoms with E-state index in [-0.39, 0.29) is 18.9 Å². The number of anilines is 1. The van der Waals surface area contributed by atoms with E-state index in [0.29, 0.717) is 27.8 Å². The maximum Gasteiger partial charge on any atom is 0.244 e. The van der Waals surface area contributed by atoms with Crippen molar-refractivity contribution < 1.29 is 18.0 Å². The Labute approximate surface area is 240 Å². The fourth-order valence-electron chi connectivity index (χ4n) is 4.39. The predicted octanol–water partition coefficient (Wildman–Crippen LogP) is 5.15. The minimum atomic E-state index is -3.83. The number of likely N-dealkylation sites (N-methyl/N-ethyl adjacent to an activating group) is 1. The van der Waals surface area contributed by atoms with Gasteiger partial charge in [0.1, 0.15) is 12.6 Å². The summed E-state index contributed by atoms with van der Waals surface area (Å²) in [6.07, 6.45) is 1.30. The smallest absolute Gasteiger partial charge is 0.244 e. The third-order valence-electron chi connectivity index (χ3n) is 6.13. The van der Waals surface area contributed by atoms with E-state index in [1.54, 1.807) is 37.3 Å². The summed E-state index contributed by atoms with van der Waals surface area (Å²) >= 11 is 12.4. The number of hydrogen-bond donors (Lipinski definition) is 1. The lowest BCUT2D eigenvalue weighted by Gasteiger charge is -2.33. The maximum atomic E-state index is 14.0. The number of halogens is 2. The van der Waals surface area contributed by atoms with E-state index in [0.717, 1.165) is 27.3 Å². The van der Waals surface area contributed by atoms with E-state index in [9.17, 15) is 18.0 Å². The highest BCUT2D eigenvalue weighted by Gasteiger charge is 2.33. The molecule has 0 heterocycles. The Bertz CT molecular complexity index is 1410. The number of aryl methyl sites for hydroxylation is 2. The van der Waals surface area contributed by atoms with E-state index in [1.165, 1.54) is 4.90 Å². The zero-order valence-corrected chi connectivity index (χ0v) is 24.8. The molecule has 0 saturated carbocycles. The summed E-state index contributed by atoms with van der Waals surface area (Å²) < 4.78 is 26.9. The van der Waals surface area contributed by atoms with Crippen molar-refractivity contribution in [3.63, 3.8) is 0 Å². The SMILES string of the molecule is CCNC(=O)[C@H](Cc1ccccc1)N(Cc1ccc(Cl)c(Cl)c1)C(=O)CN(c1cc(C)cc(C)c1)S(C)(=O)=O. The van der Waals surface area contributed by atoms with Gasteiger partial charge < -0.3 is 10.2 Å². The second-order valence-corrected chi connectivity index (χ2v) is 12.2. The average Bonchev–Trinajstić information content (AvgIpc) is 2.86. The van der Waals surface area contributed by atoms with Crippen molar-refractivity contribution in [3.8, 4) is 0 Å². The average molecular weight is 591 g/mol. The van der Waals surface area contributed by atoms with Gasteiger partial charge in [-0.15, -0.1) is 0 Å². The van der Waals surface area contributed by atoms with Crippen LogP contribution in [0.2, 0.25) is 10.0 Å². The Kier molecular flexibility index (Phi) is 10.4. The van der Waals surface area contributed by atoms with Crippen LogP contribution < -0.4 is 9.62 Å². The van der Waals surface area contributed by atoms with Gasteiger partial charge in [-0.2, -0.15) is 0 Å². The van der Waals surface area contributed by atoms with Crippen LogP contribution in [0.5, 0.6) is 0 Å². The lowest BCUT2D eigenvalue weighted by molar-refractivity contribution is -0.140. The third kappa shape index (κ3) is 8.46. The van der Waals surface area contributed by atoms with Gasteiger partial charge in [0.2, 0.25) is 21.8 Å². The van der Waals surface area contributed by atoms with Gasteiger partial charge in [-0.25, -0.2) is 8.42 Å². The molecule has 0 aliphatic carbocycles. The predicted molar refractivity (Wildman–Crippen MR) is 158 cm³/mol. The van der Waals surface area contributed by atoms with Crippen LogP contribution >= 0.6 is 23.2 Å². The molecule has 1 N–H and O–H groups in total. The topological polar surface area (TPSA) is 86.8 Å². The highest BCUT2D eigenvalue weighted by Crippen LogP contribution is 2.26. The molecule has 3 rings (SSSR count). The second kappa shape index (κ2) is 13.3. The summed E-state index contributed by atoms with van der Waals surface area (Å²) in [6, 6.07) is 18.8. The number of hydrogen-bond acceptors (Lipinski definition) is 4. The van der Waals surface area contributed by atoms with Crippen LogP contribution in [0.4, 0.5) is 5.69 Å². The third-order valence-corrected chi connectivity index (χ3v) is 8.01. The molecule has 3 aromatic carbocycles. The van der Waals surface area contributed by atoms with Gasteiger partial charge in [0.15, 0.2) is 0 Å². The largest absolute Gasteiger partial charge is 0.355 e. The van der Waals surface area contributed by atoms with E-state index in [2.05, 4.69) is 5.32 Å². The molecule has 3 aromatic rings. The first-order valence-corrected chi connectivity index (χ1v) is 15.1. The Morgan fingerprint density at radius 3 is 2.10 bits per heavy atom. The van der Waals surface area contributed by atoms with Gasteiger partial charge in [0, 0.05) is 19.5 Å². The molecule has 0 bridgehead atoms. The summed E-state index contributed by atoms with van der Waals surface area (Å²) in [4.78, 5) is 28.8. The number of carbonyl (C=O) groups is 2. The van der Waals surface area contributed by atoms with Crippen LogP contribution in [0.15, 0.2) is 66.7 Å². The molecule has 208 valence electrons. The number of carbonyl (C=O) groups excluding carboxylic acids is 2. The summed E-state index contributed by atoms with van der Waals surface area (Å²) in [5, 5.41) is 3.50. The van der Waals surface area contributed by atoms with Gasteiger partial charge in [-0.05, 0) is 67.3 Å². The maximum absolute atomic E-state index is 14.0. The normalized spacial score (nSPS) is 12.1. The minimum absolute atomic E-state index is 0.0226. The van der Waals surface area contributed by atoms with E-state index >= 15 is 0 Å². The first kappa shape index (κ1) is 30.5. The molecule has 0 aromatic heterocycles. The molecule has 39 heavy (non-hydrogen) atoms. The van der Waals surface area contributed by atoms with Gasteiger partial charge in [-0.3, -0.25) is 13.9 Å². The fourth-order valence-corrected chi connectivity index (χ4v) is 5.54. The highest BCUT2D eigenvalue weighted by atomic mass is 35.5. The van der Waals surface area contributed by atoms with Crippen LogP contribution in [-0.4, -0.2) is 50.5 Å². The lowest BCUT2D eigenvalue weighted by Crippen LogP contribution is -2.53. The van der Waals surface area contributed by atoms with Crippen LogP contribution in [0.1, 0.15) is 29.2 Å². The number of sulfonamides is 1. The summed E-state index contributed by atoms with van der Waals surface area (Å²) in [7, 11) is -3.83. The zero-order valence-electron chi connectivity index (χ0n) is 22.4. The van der Waals surface area contributed by atoms with Crippen LogP contribution in [-0.2, 0) is 32.6 Å². The lowest BCUT2D eigenvalue weighted by atomic mass is 10.0. The van der Waals surface area contributed by atoms with Crippen LogP contribution in [0, 0.1) is 13.8 Å².